The molecular weight excluding hydrogens is 667 g/mol. The topological polar surface area (TPSA) is 82.1 Å². The standard InChI is InChI=1S/C32H28N4O2.Pt/c1-18(2)36-28-10-6-8-24(30(28)35-31(36)25-9-5-7-21-11-12-33-29(21)25)26-16-23(17-27(34-26)32(37)38)22-14-19(3)13-20(4)15-22;/h5-18H,1-4H3,(H2,33,34,35,37,38);/p-1. The van der Waals surface area contributed by atoms with E-state index in [1.54, 1.807) is 6.07 Å². The van der Waals surface area contributed by atoms with Crippen molar-refractivity contribution < 1.29 is 31.0 Å². The van der Waals surface area contributed by atoms with Crippen molar-refractivity contribution in [3.05, 3.63) is 95.8 Å². The summed E-state index contributed by atoms with van der Waals surface area (Å²) < 4.78 is 2.22. The first-order valence-electron chi connectivity index (χ1n) is 12.7. The Hall–Kier alpha value is -4.02. The molecule has 0 radical (unpaired) electrons. The molecule has 0 saturated carbocycles. The first kappa shape index (κ1) is 26.6. The number of para-hydroxylation sites is 2. The SMILES string of the molecule is Cc1cc(C)cc(-c2cc(C(=O)O)nc(-c3cccc4c3nc(-c3cccc5cc[n-]c35)n4C(C)C)c2)c1.[Pt]. The first-order chi connectivity index (χ1) is 18.3. The molecule has 3 aromatic carbocycles. The Kier molecular flexibility index (Phi) is 7.00. The van der Waals surface area contributed by atoms with Crippen molar-refractivity contribution in [1.29, 1.82) is 0 Å². The summed E-state index contributed by atoms with van der Waals surface area (Å²) in [5.41, 5.74) is 9.00. The van der Waals surface area contributed by atoms with E-state index in [4.69, 9.17) is 4.98 Å². The summed E-state index contributed by atoms with van der Waals surface area (Å²) in [6.45, 7) is 8.36. The number of hydrogen-bond acceptors (Lipinski definition) is 3. The molecule has 0 bridgehead atoms. The molecule has 0 spiro atoms. The summed E-state index contributed by atoms with van der Waals surface area (Å²) in [4.78, 5) is 26.4. The van der Waals surface area contributed by atoms with Crippen LogP contribution in [-0.2, 0) is 21.1 Å². The number of nitrogens with zero attached hydrogens (tertiary/aromatic N) is 4. The number of imidazole rings is 1. The molecular formula is C32H27N4O2Pt-. The number of benzene rings is 3. The molecule has 6 aromatic rings. The number of carboxylic acids is 1. The van der Waals surface area contributed by atoms with E-state index in [-0.39, 0.29) is 32.8 Å². The Morgan fingerprint density at radius 2 is 1.56 bits per heavy atom. The van der Waals surface area contributed by atoms with Crippen molar-refractivity contribution in [2.24, 2.45) is 0 Å². The largest absolute Gasteiger partial charge is 0.663 e. The molecule has 198 valence electrons. The number of fused-ring (bicyclic) bond motifs is 2. The zero-order valence-corrected chi connectivity index (χ0v) is 24.3. The van der Waals surface area contributed by atoms with Gasteiger partial charge in [-0.3, -0.25) is 0 Å². The maximum absolute atomic E-state index is 12.1. The zero-order chi connectivity index (χ0) is 26.6. The van der Waals surface area contributed by atoms with Crippen molar-refractivity contribution in [1.82, 2.24) is 19.5 Å². The van der Waals surface area contributed by atoms with Gasteiger partial charge in [-0.25, -0.2) is 14.8 Å². The average molecular weight is 695 g/mol. The van der Waals surface area contributed by atoms with E-state index >= 15 is 0 Å². The molecule has 0 fully saturated rings. The number of pyridine rings is 1. The maximum atomic E-state index is 12.1. The smallest absolute Gasteiger partial charge is 0.354 e. The Morgan fingerprint density at radius 1 is 0.872 bits per heavy atom. The van der Waals surface area contributed by atoms with Crippen molar-refractivity contribution >= 4 is 27.9 Å². The van der Waals surface area contributed by atoms with Crippen LogP contribution in [0, 0.1) is 13.8 Å². The van der Waals surface area contributed by atoms with Crippen LogP contribution in [0.15, 0.2) is 79.0 Å². The molecule has 0 aliphatic heterocycles. The Bertz CT molecular complexity index is 1850. The van der Waals surface area contributed by atoms with Crippen molar-refractivity contribution in [2.75, 3.05) is 0 Å². The van der Waals surface area contributed by atoms with Gasteiger partial charge < -0.3 is 14.7 Å². The fraction of sp³-hybridized carbons (Fsp3) is 0.156. The summed E-state index contributed by atoms with van der Waals surface area (Å²) in [7, 11) is 0. The zero-order valence-electron chi connectivity index (χ0n) is 22.0. The quantitative estimate of drug-likeness (QED) is 0.203. The van der Waals surface area contributed by atoms with Gasteiger partial charge in [0.05, 0.1) is 16.7 Å². The summed E-state index contributed by atoms with van der Waals surface area (Å²) in [5.74, 6) is -0.234. The molecule has 3 heterocycles. The van der Waals surface area contributed by atoms with Crippen LogP contribution < -0.4 is 4.98 Å². The van der Waals surface area contributed by atoms with E-state index < -0.39 is 5.97 Å². The van der Waals surface area contributed by atoms with E-state index in [2.05, 4.69) is 64.8 Å². The van der Waals surface area contributed by atoms with Gasteiger partial charge in [0.2, 0.25) is 0 Å². The fourth-order valence-electron chi connectivity index (χ4n) is 5.34. The van der Waals surface area contributed by atoms with Crippen LogP contribution in [0.1, 0.15) is 41.5 Å². The molecule has 0 unspecified atom stereocenters. The van der Waals surface area contributed by atoms with E-state index in [0.29, 0.717) is 5.69 Å². The molecule has 0 amide bonds. The second kappa shape index (κ2) is 10.3. The number of carbonyl (C=O) groups is 1. The van der Waals surface area contributed by atoms with Crippen LogP contribution in [0.25, 0.3) is 55.7 Å². The normalized spacial score (nSPS) is 11.3. The number of carboxylic acid groups (broad SMARTS) is 1. The molecule has 1 N–H and O–H groups in total. The summed E-state index contributed by atoms with van der Waals surface area (Å²) in [5, 5.41) is 11.0. The van der Waals surface area contributed by atoms with Crippen molar-refractivity contribution in [2.45, 2.75) is 33.7 Å². The van der Waals surface area contributed by atoms with Gasteiger partial charge in [0.25, 0.3) is 0 Å². The van der Waals surface area contributed by atoms with Crippen LogP contribution in [0.2, 0.25) is 0 Å². The van der Waals surface area contributed by atoms with Crippen molar-refractivity contribution in [3.63, 3.8) is 0 Å². The number of rotatable bonds is 5. The van der Waals surface area contributed by atoms with Crippen LogP contribution in [0.3, 0.4) is 0 Å². The third-order valence-electron chi connectivity index (χ3n) is 6.88. The van der Waals surface area contributed by atoms with Gasteiger partial charge in [-0.2, -0.15) is 6.20 Å². The Morgan fingerprint density at radius 3 is 2.28 bits per heavy atom. The van der Waals surface area contributed by atoms with Gasteiger partial charge in [0.1, 0.15) is 11.5 Å². The molecule has 6 rings (SSSR count). The number of hydrogen-bond donors (Lipinski definition) is 1. The van der Waals surface area contributed by atoms with Crippen molar-refractivity contribution in [3.8, 4) is 33.8 Å². The summed E-state index contributed by atoms with van der Waals surface area (Å²) >= 11 is 0. The van der Waals surface area contributed by atoms with E-state index in [9.17, 15) is 9.90 Å². The van der Waals surface area contributed by atoms with Gasteiger partial charge in [-0.15, -0.1) is 5.52 Å². The number of aromatic carboxylic acids is 1. The van der Waals surface area contributed by atoms with E-state index in [1.165, 1.54) is 0 Å². The van der Waals surface area contributed by atoms with E-state index in [1.807, 2.05) is 50.4 Å². The minimum atomic E-state index is -1.06. The average Bonchev–Trinajstić information content (AvgIpc) is 3.52. The van der Waals surface area contributed by atoms with Crippen LogP contribution in [0.4, 0.5) is 0 Å². The van der Waals surface area contributed by atoms with Gasteiger partial charge in [-0.05, 0) is 62.4 Å². The molecule has 3 aromatic heterocycles. The van der Waals surface area contributed by atoms with Crippen LogP contribution >= 0.6 is 0 Å². The molecule has 6 nitrogen and oxygen atoms in total. The Balaban J connectivity index is 0.00000308. The number of aromatic nitrogens is 4. The molecule has 0 aliphatic carbocycles. The minimum absolute atomic E-state index is 0. The molecule has 39 heavy (non-hydrogen) atoms. The Labute approximate surface area is 241 Å². The van der Waals surface area contributed by atoms with Gasteiger partial charge in [0, 0.05) is 38.2 Å². The monoisotopic (exact) mass is 694 g/mol. The van der Waals surface area contributed by atoms with Gasteiger partial charge >= 0.3 is 5.97 Å². The molecule has 0 atom stereocenters. The molecule has 0 aliphatic rings. The van der Waals surface area contributed by atoms with Gasteiger partial charge in [0.15, 0.2) is 0 Å². The predicted octanol–water partition coefficient (Wildman–Crippen LogP) is 7.44. The fourth-order valence-corrected chi connectivity index (χ4v) is 5.34. The second-order valence-corrected chi connectivity index (χ2v) is 10.1. The van der Waals surface area contributed by atoms with Crippen LogP contribution in [-0.4, -0.2) is 25.6 Å². The summed E-state index contributed by atoms with van der Waals surface area (Å²) in [6.07, 6.45) is 1.82. The molecule has 7 heteroatoms. The summed E-state index contributed by atoms with van der Waals surface area (Å²) in [6, 6.07) is 24.1. The van der Waals surface area contributed by atoms with Crippen LogP contribution in [0.5, 0.6) is 0 Å². The van der Waals surface area contributed by atoms with Gasteiger partial charge in [-0.1, -0.05) is 65.7 Å². The predicted molar refractivity (Wildman–Crippen MR) is 151 cm³/mol. The third-order valence-corrected chi connectivity index (χ3v) is 6.88. The molecule has 0 saturated heterocycles. The maximum Gasteiger partial charge on any atom is 0.354 e. The first-order valence-corrected chi connectivity index (χ1v) is 12.7. The minimum Gasteiger partial charge on any atom is -0.663 e. The third kappa shape index (κ3) is 4.70. The second-order valence-electron chi connectivity index (χ2n) is 10.1. The number of aryl methyl sites for hydroxylation is 2. The van der Waals surface area contributed by atoms with E-state index in [0.717, 1.165) is 61.1 Å².